The SMILES string of the molecule is CCCOc1ccc(-c2nc(C)c(C(=O)NCCN(CC)CC)s2)cc1. The van der Waals surface area contributed by atoms with Gasteiger partial charge in [-0.05, 0) is 50.7 Å². The first-order valence-electron chi connectivity index (χ1n) is 9.30. The third-order valence-electron chi connectivity index (χ3n) is 4.18. The number of nitrogens with one attached hydrogen (secondary N) is 1. The Morgan fingerprint density at radius 2 is 1.88 bits per heavy atom. The van der Waals surface area contributed by atoms with Gasteiger partial charge in [0.1, 0.15) is 15.6 Å². The molecule has 2 aromatic rings. The Labute approximate surface area is 160 Å². The van der Waals surface area contributed by atoms with E-state index in [0.29, 0.717) is 18.0 Å². The summed E-state index contributed by atoms with van der Waals surface area (Å²) in [5.41, 5.74) is 1.78. The second-order valence-electron chi connectivity index (χ2n) is 6.09. The molecule has 1 heterocycles. The summed E-state index contributed by atoms with van der Waals surface area (Å²) in [6.07, 6.45) is 0.986. The minimum Gasteiger partial charge on any atom is -0.494 e. The fraction of sp³-hybridized carbons (Fsp3) is 0.500. The highest BCUT2D eigenvalue weighted by atomic mass is 32.1. The van der Waals surface area contributed by atoms with Crippen LogP contribution in [0.25, 0.3) is 10.6 Å². The number of likely N-dealkylation sites (N-methyl/N-ethyl adjacent to an activating group) is 1. The Hall–Kier alpha value is -1.92. The van der Waals surface area contributed by atoms with Crippen LogP contribution in [0.4, 0.5) is 0 Å². The molecule has 0 saturated heterocycles. The van der Waals surface area contributed by atoms with Gasteiger partial charge in [-0.1, -0.05) is 20.8 Å². The molecule has 0 aliphatic carbocycles. The lowest BCUT2D eigenvalue weighted by Crippen LogP contribution is -2.34. The molecule has 1 aromatic carbocycles. The fourth-order valence-electron chi connectivity index (χ4n) is 2.59. The molecule has 6 heteroatoms. The monoisotopic (exact) mass is 375 g/mol. The van der Waals surface area contributed by atoms with E-state index in [2.05, 4.69) is 36.0 Å². The van der Waals surface area contributed by atoms with Gasteiger partial charge in [0.2, 0.25) is 0 Å². The Kier molecular flexibility index (Phi) is 8.06. The van der Waals surface area contributed by atoms with E-state index < -0.39 is 0 Å². The maximum Gasteiger partial charge on any atom is 0.263 e. The lowest BCUT2D eigenvalue weighted by atomic mass is 10.2. The number of aryl methyl sites for hydroxylation is 1. The van der Waals surface area contributed by atoms with Gasteiger partial charge < -0.3 is 15.0 Å². The third kappa shape index (κ3) is 5.54. The van der Waals surface area contributed by atoms with Gasteiger partial charge in [0.15, 0.2) is 0 Å². The predicted molar refractivity (Wildman–Crippen MR) is 108 cm³/mol. The Balaban J connectivity index is 2.00. The van der Waals surface area contributed by atoms with Gasteiger partial charge in [-0.3, -0.25) is 4.79 Å². The van der Waals surface area contributed by atoms with Gasteiger partial charge in [-0.15, -0.1) is 11.3 Å². The van der Waals surface area contributed by atoms with Gasteiger partial charge in [0, 0.05) is 18.7 Å². The van der Waals surface area contributed by atoms with Crippen molar-refractivity contribution in [1.29, 1.82) is 0 Å². The number of thiazole rings is 1. The van der Waals surface area contributed by atoms with Crippen molar-refractivity contribution < 1.29 is 9.53 Å². The molecule has 1 N–H and O–H groups in total. The number of aromatic nitrogens is 1. The largest absolute Gasteiger partial charge is 0.494 e. The molecule has 1 aromatic heterocycles. The van der Waals surface area contributed by atoms with Crippen LogP contribution in [0.1, 0.15) is 42.6 Å². The molecule has 0 aliphatic heterocycles. The van der Waals surface area contributed by atoms with Crippen LogP contribution in [-0.4, -0.2) is 48.6 Å². The normalized spacial score (nSPS) is 11.0. The lowest BCUT2D eigenvalue weighted by molar-refractivity contribution is 0.0952. The molecule has 1 amide bonds. The smallest absolute Gasteiger partial charge is 0.263 e. The predicted octanol–water partition coefficient (Wildman–Crippen LogP) is 3.98. The molecule has 2 rings (SSSR count). The van der Waals surface area contributed by atoms with Gasteiger partial charge in [0.05, 0.1) is 12.3 Å². The second-order valence-corrected chi connectivity index (χ2v) is 7.09. The molecule has 0 atom stereocenters. The van der Waals surface area contributed by atoms with Crippen molar-refractivity contribution in [1.82, 2.24) is 15.2 Å². The van der Waals surface area contributed by atoms with Gasteiger partial charge in [-0.25, -0.2) is 4.98 Å². The van der Waals surface area contributed by atoms with Gasteiger partial charge in [-0.2, -0.15) is 0 Å². The first-order valence-corrected chi connectivity index (χ1v) is 10.1. The summed E-state index contributed by atoms with van der Waals surface area (Å²) in [5, 5.41) is 3.87. The van der Waals surface area contributed by atoms with Crippen molar-refractivity contribution in [2.75, 3.05) is 32.8 Å². The van der Waals surface area contributed by atoms with E-state index >= 15 is 0 Å². The molecule has 0 aliphatic rings. The average Bonchev–Trinajstić information content (AvgIpc) is 3.05. The zero-order chi connectivity index (χ0) is 18.9. The van der Waals surface area contributed by atoms with Crippen LogP contribution in [0.3, 0.4) is 0 Å². The fourth-order valence-corrected chi connectivity index (χ4v) is 3.58. The maximum atomic E-state index is 12.5. The van der Waals surface area contributed by atoms with Crippen LogP contribution in [0.5, 0.6) is 5.75 Å². The van der Waals surface area contributed by atoms with Gasteiger partial charge in [0.25, 0.3) is 5.91 Å². The zero-order valence-corrected chi connectivity index (χ0v) is 17.0. The highest BCUT2D eigenvalue weighted by Crippen LogP contribution is 2.29. The summed E-state index contributed by atoms with van der Waals surface area (Å²) in [5.74, 6) is 0.819. The minimum absolute atomic E-state index is 0.0405. The Bertz CT molecular complexity index is 694. The molecule has 0 spiro atoms. The molecule has 0 saturated carbocycles. The number of hydrogen-bond acceptors (Lipinski definition) is 5. The van der Waals surface area contributed by atoms with E-state index in [0.717, 1.165) is 48.1 Å². The summed E-state index contributed by atoms with van der Waals surface area (Å²) < 4.78 is 5.61. The number of carbonyl (C=O) groups excluding carboxylic acids is 1. The van der Waals surface area contributed by atoms with Crippen LogP contribution in [-0.2, 0) is 0 Å². The van der Waals surface area contributed by atoms with Crippen molar-refractivity contribution in [2.45, 2.75) is 34.1 Å². The van der Waals surface area contributed by atoms with Crippen molar-refractivity contribution in [3.63, 3.8) is 0 Å². The van der Waals surface area contributed by atoms with Crippen LogP contribution in [0.15, 0.2) is 24.3 Å². The highest BCUT2D eigenvalue weighted by molar-refractivity contribution is 7.17. The first kappa shape index (κ1) is 20.4. The van der Waals surface area contributed by atoms with Crippen molar-refractivity contribution in [3.8, 4) is 16.3 Å². The van der Waals surface area contributed by atoms with E-state index in [1.165, 1.54) is 11.3 Å². The van der Waals surface area contributed by atoms with E-state index in [4.69, 9.17) is 4.74 Å². The highest BCUT2D eigenvalue weighted by Gasteiger charge is 2.16. The second kappa shape index (κ2) is 10.3. The molecular weight excluding hydrogens is 346 g/mol. The van der Waals surface area contributed by atoms with Crippen molar-refractivity contribution in [3.05, 3.63) is 34.8 Å². The summed E-state index contributed by atoms with van der Waals surface area (Å²) in [6.45, 7) is 12.4. The first-order chi connectivity index (χ1) is 12.6. The lowest BCUT2D eigenvalue weighted by Gasteiger charge is -2.17. The Morgan fingerprint density at radius 3 is 2.50 bits per heavy atom. The Morgan fingerprint density at radius 1 is 1.19 bits per heavy atom. The molecule has 0 unspecified atom stereocenters. The van der Waals surface area contributed by atoms with Crippen molar-refractivity contribution in [2.24, 2.45) is 0 Å². The summed E-state index contributed by atoms with van der Waals surface area (Å²) >= 11 is 1.44. The average molecular weight is 376 g/mol. The zero-order valence-electron chi connectivity index (χ0n) is 16.2. The van der Waals surface area contributed by atoms with Crippen LogP contribution in [0.2, 0.25) is 0 Å². The molecular formula is C20H29N3O2S. The molecule has 142 valence electrons. The van der Waals surface area contributed by atoms with E-state index in [9.17, 15) is 4.79 Å². The number of ether oxygens (including phenoxy) is 1. The molecule has 26 heavy (non-hydrogen) atoms. The molecule has 5 nitrogen and oxygen atoms in total. The van der Waals surface area contributed by atoms with E-state index in [-0.39, 0.29) is 5.91 Å². The molecule has 0 bridgehead atoms. The van der Waals surface area contributed by atoms with Crippen LogP contribution < -0.4 is 10.1 Å². The molecule has 0 radical (unpaired) electrons. The number of hydrogen-bond donors (Lipinski definition) is 1. The number of benzene rings is 1. The number of carbonyl (C=O) groups is 1. The summed E-state index contributed by atoms with van der Waals surface area (Å²) in [6, 6.07) is 7.88. The summed E-state index contributed by atoms with van der Waals surface area (Å²) in [7, 11) is 0. The number of amides is 1. The standard InChI is InChI=1S/C20H29N3O2S/c1-5-14-25-17-10-8-16(9-11-17)20-22-15(4)18(26-20)19(24)21-12-13-23(6-2)7-3/h8-11H,5-7,12-14H2,1-4H3,(H,21,24). The minimum atomic E-state index is -0.0405. The van der Waals surface area contributed by atoms with E-state index in [1.54, 1.807) is 0 Å². The third-order valence-corrected chi connectivity index (χ3v) is 5.39. The number of nitrogens with zero attached hydrogens (tertiary/aromatic N) is 2. The van der Waals surface area contributed by atoms with Crippen LogP contribution in [0, 0.1) is 6.92 Å². The van der Waals surface area contributed by atoms with Crippen LogP contribution >= 0.6 is 11.3 Å². The number of rotatable bonds is 10. The topological polar surface area (TPSA) is 54.5 Å². The maximum absolute atomic E-state index is 12.5. The summed E-state index contributed by atoms with van der Waals surface area (Å²) in [4.78, 5) is 20.0. The quantitative estimate of drug-likeness (QED) is 0.682. The van der Waals surface area contributed by atoms with E-state index in [1.807, 2.05) is 31.2 Å². The van der Waals surface area contributed by atoms with Gasteiger partial charge >= 0.3 is 0 Å². The molecule has 0 fully saturated rings. The van der Waals surface area contributed by atoms with Crippen molar-refractivity contribution >= 4 is 17.2 Å².